The second-order valence-electron chi connectivity index (χ2n) is 14.9. The fourth-order valence-electron chi connectivity index (χ4n) is 5.77. The maximum atomic E-state index is 13.7. The van der Waals surface area contributed by atoms with Crippen molar-refractivity contribution in [3.63, 3.8) is 0 Å². The summed E-state index contributed by atoms with van der Waals surface area (Å²) in [5, 5.41) is 19.3. The highest BCUT2D eigenvalue weighted by atomic mass is 16.6. The fourth-order valence-corrected chi connectivity index (χ4v) is 5.77. The van der Waals surface area contributed by atoms with Crippen LogP contribution >= 0.6 is 0 Å². The van der Waals surface area contributed by atoms with Crippen molar-refractivity contribution in [2.45, 2.75) is 110 Å². The Balaban J connectivity index is 1.69. The summed E-state index contributed by atoms with van der Waals surface area (Å²) < 4.78 is 11.0. The van der Waals surface area contributed by atoms with Crippen molar-refractivity contribution in [1.82, 2.24) is 20.9 Å². The lowest BCUT2D eigenvalue weighted by Crippen LogP contribution is -2.56. The molecule has 0 spiro atoms. The molecule has 54 heavy (non-hydrogen) atoms. The van der Waals surface area contributed by atoms with E-state index in [4.69, 9.17) is 9.47 Å². The number of hydrogen-bond donors (Lipinski definition) is 4. The predicted molar refractivity (Wildman–Crippen MR) is 206 cm³/mol. The first-order valence-electron chi connectivity index (χ1n) is 18.3. The van der Waals surface area contributed by atoms with Crippen LogP contribution in [0.5, 0.6) is 0 Å². The van der Waals surface area contributed by atoms with Gasteiger partial charge in [0.05, 0.1) is 18.6 Å². The molecule has 0 aliphatic heterocycles. The highest BCUT2D eigenvalue weighted by Crippen LogP contribution is 2.15. The average molecular weight is 745 g/mol. The largest absolute Gasteiger partial charge is 0.459 e. The van der Waals surface area contributed by atoms with Crippen molar-refractivity contribution < 1.29 is 38.6 Å². The van der Waals surface area contributed by atoms with Crippen molar-refractivity contribution in [2.24, 2.45) is 5.92 Å². The highest BCUT2D eigenvalue weighted by Gasteiger charge is 2.34. The topological polar surface area (TPSA) is 163 Å². The van der Waals surface area contributed by atoms with Crippen LogP contribution in [0.4, 0.5) is 4.79 Å². The Kier molecular flexibility index (Phi) is 16.7. The van der Waals surface area contributed by atoms with Gasteiger partial charge in [0.25, 0.3) is 0 Å². The lowest BCUT2D eigenvalue weighted by molar-refractivity contribution is -0.156. The van der Waals surface area contributed by atoms with Crippen LogP contribution in [0.3, 0.4) is 0 Å². The number of aliphatic hydroxyl groups excluding tert-OH is 1. The van der Waals surface area contributed by atoms with Gasteiger partial charge in [-0.1, -0.05) is 105 Å². The number of rotatable bonds is 18. The molecule has 4 N–H and O–H groups in total. The summed E-state index contributed by atoms with van der Waals surface area (Å²) in [7, 11) is 1.49. The maximum absolute atomic E-state index is 13.7. The molecule has 3 aromatic rings. The molecule has 12 heteroatoms. The minimum Gasteiger partial charge on any atom is -0.459 e. The number of likely N-dealkylation sites (N-methyl/N-ethyl adjacent to an activating group) is 1. The molecule has 3 aromatic carbocycles. The molecule has 0 radical (unpaired) electrons. The number of esters is 1. The summed E-state index contributed by atoms with van der Waals surface area (Å²) in [6.07, 6.45) is -1.81. The van der Waals surface area contributed by atoms with Crippen molar-refractivity contribution in [2.75, 3.05) is 7.05 Å². The quantitative estimate of drug-likeness (QED) is 0.136. The Labute approximate surface area is 319 Å². The molecule has 5 atom stereocenters. The van der Waals surface area contributed by atoms with Crippen LogP contribution in [0.25, 0.3) is 0 Å². The average Bonchev–Trinajstić information content (AvgIpc) is 3.12. The van der Waals surface area contributed by atoms with E-state index in [1.54, 1.807) is 20.8 Å². The van der Waals surface area contributed by atoms with Crippen molar-refractivity contribution in [3.05, 3.63) is 108 Å². The first kappa shape index (κ1) is 43.2. The number of aliphatic hydroxyl groups is 1. The molecular weight excluding hydrogens is 688 g/mol. The highest BCUT2D eigenvalue weighted by molar-refractivity contribution is 5.93. The molecule has 0 saturated carbocycles. The smallest absolute Gasteiger partial charge is 0.407 e. The van der Waals surface area contributed by atoms with Crippen molar-refractivity contribution in [3.8, 4) is 0 Å². The van der Waals surface area contributed by atoms with Gasteiger partial charge in [0.15, 0.2) is 0 Å². The molecule has 0 fully saturated rings. The molecule has 0 bridgehead atoms. The first-order valence-corrected chi connectivity index (χ1v) is 18.3. The third-order valence-electron chi connectivity index (χ3n) is 8.53. The van der Waals surface area contributed by atoms with E-state index in [9.17, 15) is 29.1 Å². The molecule has 0 heterocycles. The molecule has 0 saturated heterocycles. The Morgan fingerprint density at radius 3 is 1.78 bits per heavy atom. The zero-order chi connectivity index (χ0) is 39.8. The standard InChI is InChI=1S/C42H56N4O8/c1-28(2)23-34(44-37(48)26-36(47)33(24-30-17-11-8-12-18-30)45-41(52)54-42(4,5)6)38(49)43-29(3)39(50)46(7)35(25-31-19-13-9-14-20-31)40(51)53-27-32-21-15-10-16-22-32/h8-22,28-29,33-36,47H,23-27H2,1-7H3,(H,43,49)(H,44,48)(H,45,52)/t29-,33-,34-,35-,36-/m0/s1. The third-order valence-corrected chi connectivity index (χ3v) is 8.53. The molecule has 0 aromatic heterocycles. The van der Waals surface area contributed by atoms with Gasteiger partial charge in [-0.05, 0) is 63.1 Å². The van der Waals surface area contributed by atoms with E-state index in [0.29, 0.717) is 0 Å². The summed E-state index contributed by atoms with van der Waals surface area (Å²) in [4.78, 5) is 68.0. The van der Waals surface area contributed by atoms with Gasteiger partial charge in [0.1, 0.15) is 30.3 Å². The van der Waals surface area contributed by atoms with Gasteiger partial charge in [-0.3, -0.25) is 14.4 Å². The normalized spacial score (nSPS) is 14.1. The van der Waals surface area contributed by atoms with Crippen molar-refractivity contribution in [1.29, 1.82) is 0 Å². The number of carbonyl (C=O) groups is 5. The van der Waals surface area contributed by atoms with E-state index in [0.717, 1.165) is 16.7 Å². The third kappa shape index (κ3) is 15.0. The monoisotopic (exact) mass is 744 g/mol. The number of benzene rings is 3. The maximum Gasteiger partial charge on any atom is 0.407 e. The molecule has 0 aliphatic rings. The van der Waals surface area contributed by atoms with Gasteiger partial charge in [-0.15, -0.1) is 0 Å². The zero-order valence-electron chi connectivity index (χ0n) is 32.4. The Hall–Kier alpha value is -5.23. The van der Waals surface area contributed by atoms with E-state index >= 15 is 0 Å². The van der Waals surface area contributed by atoms with Gasteiger partial charge in [0.2, 0.25) is 17.7 Å². The second-order valence-corrected chi connectivity index (χ2v) is 14.9. The number of ether oxygens (including phenoxy) is 2. The van der Waals surface area contributed by atoms with Crippen LogP contribution in [0.1, 0.15) is 71.1 Å². The molecule has 0 unspecified atom stereocenters. The number of nitrogens with zero attached hydrogens (tertiary/aromatic N) is 1. The molecule has 4 amide bonds. The number of amides is 4. The van der Waals surface area contributed by atoms with E-state index in [2.05, 4.69) is 16.0 Å². The Morgan fingerprint density at radius 2 is 1.26 bits per heavy atom. The van der Waals surface area contributed by atoms with Crippen LogP contribution in [0.2, 0.25) is 0 Å². The summed E-state index contributed by atoms with van der Waals surface area (Å²) in [5.74, 6) is -2.35. The van der Waals surface area contributed by atoms with E-state index in [-0.39, 0.29) is 31.8 Å². The minimum absolute atomic E-state index is 0.0195. The summed E-state index contributed by atoms with van der Waals surface area (Å²) in [6.45, 7) is 10.5. The van der Waals surface area contributed by atoms with Gasteiger partial charge < -0.3 is 35.4 Å². The lowest BCUT2D eigenvalue weighted by Gasteiger charge is -2.30. The van der Waals surface area contributed by atoms with Crippen LogP contribution in [0.15, 0.2) is 91.0 Å². The molecule has 0 aliphatic carbocycles. The number of carbonyl (C=O) groups excluding carboxylic acids is 5. The zero-order valence-corrected chi connectivity index (χ0v) is 32.4. The van der Waals surface area contributed by atoms with Gasteiger partial charge >= 0.3 is 12.1 Å². The van der Waals surface area contributed by atoms with Gasteiger partial charge in [-0.2, -0.15) is 0 Å². The Bertz CT molecular complexity index is 1650. The molecular formula is C42H56N4O8. The van der Waals surface area contributed by atoms with Crippen LogP contribution < -0.4 is 16.0 Å². The second kappa shape index (κ2) is 20.9. The summed E-state index contributed by atoms with van der Waals surface area (Å²) >= 11 is 0. The molecule has 292 valence electrons. The van der Waals surface area contributed by atoms with Crippen molar-refractivity contribution >= 4 is 29.8 Å². The van der Waals surface area contributed by atoms with E-state index in [1.807, 2.05) is 105 Å². The van der Waals surface area contributed by atoms with Gasteiger partial charge in [-0.25, -0.2) is 9.59 Å². The van der Waals surface area contributed by atoms with Gasteiger partial charge in [0, 0.05) is 13.5 Å². The fraction of sp³-hybridized carbons (Fsp3) is 0.452. The Morgan fingerprint density at radius 1 is 0.741 bits per heavy atom. The van der Waals surface area contributed by atoms with Crippen LogP contribution in [-0.4, -0.2) is 82.7 Å². The molecule has 3 rings (SSSR count). The first-order chi connectivity index (χ1) is 25.5. The van der Waals surface area contributed by atoms with E-state index in [1.165, 1.54) is 18.9 Å². The number of hydrogen-bond acceptors (Lipinski definition) is 8. The summed E-state index contributed by atoms with van der Waals surface area (Å²) in [5.41, 5.74) is 1.68. The summed E-state index contributed by atoms with van der Waals surface area (Å²) in [6, 6.07) is 23.7. The van der Waals surface area contributed by atoms with Crippen LogP contribution in [0, 0.1) is 5.92 Å². The predicted octanol–water partition coefficient (Wildman–Crippen LogP) is 4.72. The number of alkyl carbamates (subject to hydrolysis) is 1. The lowest BCUT2D eigenvalue weighted by atomic mass is 9.98. The molecule has 12 nitrogen and oxygen atoms in total. The van der Waals surface area contributed by atoms with E-state index < -0.39 is 72.1 Å². The minimum atomic E-state index is -1.32. The SMILES string of the molecule is CC(C)C[C@H](NC(=O)C[C@H](O)[C@H](Cc1ccccc1)NC(=O)OC(C)(C)C)C(=O)N[C@@H](C)C(=O)N(C)[C@@H](Cc1ccccc1)C(=O)OCc1ccccc1. The number of nitrogens with one attached hydrogen (secondary N) is 3. The van der Waals surface area contributed by atoms with Crippen LogP contribution in [-0.2, 0) is 48.1 Å².